The van der Waals surface area contributed by atoms with Crippen molar-refractivity contribution in [2.75, 3.05) is 13.1 Å². The van der Waals surface area contributed by atoms with E-state index in [0.717, 1.165) is 16.7 Å². The Morgan fingerprint density at radius 2 is 1.97 bits per heavy atom. The number of benzene rings is 1. The Balaban J connectivity index is 1.72. The van der Waals surface area contributed by atoms with E-state index in [1.807, 2.05) is 0 Å². The van der Waals surface area contributed by atoms with Crippen molar-refractivity contribution >= 4 is 46.1 Å². The molecular formula is C22H18ClF4N3O4S. The van der Waals surface area contributed by atoms with Crippen LogP contribution in [0, 0.1) is 12.7 Å². The summed E-state index contributed by atoms with van der Waals surface area (Å²) in [6.45, 7) is -0.106. The second-order valence-electron chi connectivity index (χ2n) is 8.12. The van der Waals surface area contributed by atoms with Crippen LogP contribution >= 0.6 is 23.4 Å². The van der Waals surface area contributed by atoms with Gasteiger partial charge in [0.2, 0.25) is 5.91 Å². The fourth-order valence-corrected chi connectivity index (χ4v) is 5.15. The average molecular weight is 532 g/mol. The third-order valence-electron chi connectivity index (χ3n) is 5.89. The second kappa shape index (κ2) is 8.99. The van der Waals surface area contributed by atoms with Crippen molar-refractivity contribution in [3.8, 4) is 0 Å². The Hall–Kier alpha value is -2.83. The molecule has 3 heterocycles. The number of carboxylic acid groups (broad SMARTS) is 1. The van der Waals surface area contributed by atoms with E-state index in [0.29, 0.717) is 21.0 Å². The summed E-state index contributed by atoms with van der Waals surface area (Å²) in [6.07, 6.45) is -5.54. The molecule has 1 atom stereocenters. The minimum atomic E-state index is -4.89. The quantitative estimate of drug-likeness (QED) is 0.470. The molecule has 1 amide bonds. The number of aromatic nitrogens is 2. The number of aromatic carboxylic acids is 1. The number of pyridine rings is 1. The molecule has 35 heavy (non-hydrogen) atoms. The number of carbonyl (C=O) groups is 2. The van der Waals surface area contributed by atoms with Crippen molar-refractivity contribution in [3.63, 3.8) is 0 Å². The highest BCUT2D eigenvalue weighted by Crippen LogP contribution is 2.41. The monoisotopic (exact) mass is 531 g/mol. The smallest absolute Gasteiger partial charge is 0.419 e. The van der Waals surface area contributed by atoms with Gasteiger partial charge in [0, 0.05) is 28.9 Å². The molecule has 1 aromatic carbocycles. The van der Waals surface area contributed by atoms with Gasteiger partial charge in [-0.3, -0.25) is 4.79 Å². The Morgan fingerprint density at radius 3 is 2.60 bits per heavy atom. The highest BCUT2D eigenvalue weighted by atomic mass is 35.5. The Bertz CT molecular complexity index is 1350. The van der Waals surface area contributed by atoms with Crippen LogP contribution in [0.1, 0.15) is 22.6 Å². The van der Waals surface area contributed by atoms with Crippen LogP contribution in [0.4, 0.5) is 17.6 Å². The van der Waals surface area contributed by atoms with Gasteiger partial charge in [-0.05, 0) is 31.2 Å². The van der Waals surface area contributed by atoms with Gasteiger partial charge in [0.1, 0.15) is 17.3 Å². The number of nitrogens with zero attached hydrogens (tertiary/aromatic N) is 3. The number of carboxylic acids is 1. The largest absolute Gasteiger partial charge is 0.477 e. The van der Waals surface area contributed by atoms with E-state index in [1.54, 1.807) is 13.0 Å². The van der Waals surface area contributed by atoms with Crippen LogP contribution in [-0.2, 0) is 11.3 Å². The molecule has 13 heteroatoms. The third-order valence-corrected chi connectivity index (χ3v) is 7.34. The highest BCUT2D eigenvalue weighted by molar-refractivity contribution is 7.99. The minimum Gasteiger partial charge on any atom is -0.477 e. The molecule has 1 aliphatic rings. The molecule has 1 aliphatic heterocycles. The summed E-state index contributed by atoms with van der Waals surface area (Å²) in [5.74, 6) is -2.76. The van der Waals surface area contributed by atoms with Gasteiger partial charge in [-0.25, -0.2) is 14.2 Å². The first-order chi connectivity index (χ1) is 16.3. The van der Waals surface area contributed by atoms with E-state index in [4.69, 9.17) is 11.6 Å². The van der Waals surface area contributed by atoms with Crippen LogP contribution in [0.5, 0.6) is 0 Å². The Kier molecular flexibility index (Phi) is 6.49. The van der Waals surface area contributed by atoms with Gasteiger partial charge in [-0.15, -0.1) is 0 Å². The van der Waals surface area contributed by atoms with Crippen LogP contribution in [0.3, 0.4) is 0 Å². The number of amides is 1. The number of halogens is 5. The topological polar surface area (TPSA) is 95.7 Å². The molecular weight excluding hydrogens is 514 g/mol. The summed E-state index contributed by atoms with van der Waals surface area (Å²) in [7, 11) is 0. The van der Waals surface area contributed by atoms with E-state index in [2.05, 4.69) is 4.98 Å². The number of fused-ring (bicyclic) bond motifs is 1. The lowest BCUT2D eigenvalue weighted by molar-refractivity contribution is -0.253. The van der Waals surface area contributed by atoms with Crippen LogP contribution in [0.2, 0.25) is 5.02 Å². The third kappa shape index (κ3) is 4.57. The molecule has 1 unspecified atom stereocenters. The highest BCUT2D eigenvalue weighted by Gasteiger charge is 2.57. The number of carbonyl (C=O) groups excluding carboxylic acids is 1. The van der Waals surface area contributed by atoms with Crippen molar-refractivity contribution in [1.29, 1.82) is 0 Å². The molecule has 2 N–H and O–H groups in total. The van der Waals surface area contributed by atoms with Crippen LogP contribution in [-0.4, -0.2) is 61.4 Å². The average Bonchev–Trinajstić information content (AvgIpc) is 3.31. The standard InChI is InChI=1S/C22H18ClF4N3O4S/c1-11-19(35-15-4-2-3-14(28-15)20(32)33)12-5-6-13(23)17(24)18(12)30(11)9-16(31)29-8-7-21(34,10-29)22(25,26)27/h2-6,34H,7-10H2,1H3,(H,32,33). The molecule has 4 rings (SSSR count). The number of hydrogen-bond acceptors (Lipinski definition) is 5. The summed E-state index contributed by atoms with van der Waals surface area (Å²) >= 11 is 7.02. The number of aliphatic hydroxyl groups is 1. The molecule has 186 valence electrons. The van der Waals surface area contributed by atoms with Gasteiger partial charge in [0.15, 0.2) is 11.4 Å². The molecule has 0 aliphatic carbocycles. The summed E-state index contributed by atoms with van der Waals surface area (Å²) in [5, 5.41) is 19.6. The van der Waals surface area contributed by atoms with E-state index in [9.17, 15) is 33.0 Å². The van der Waals surface area contributed by atoms with E-state index >= 15 is 4.39 Å². The van der Waals surface area contributed by atoms with Crippen molar-refractivity contribution in [2.45, 2.75) is 41.6 Å². The number of hydrogen-bond donors (Lipinski definition) is 2. The van der Waals surface area contributed by atoms with Crippen LogP contribution in [0.25, 0.3) is 10.9 Å². The van der Waals surface area contributed by atoms with Gasteiger partial charge in [-0.1, -0.05) is 29.4 Å². The van der Waals surface area contributed by atoms with E-state index in [-0.39, 0.29) is 22.8 Å². The Labute approximate surface area is 205 Å². The molecule has 0 bridgehead atoms. The summed E-state index contributed by atoms with van der Waals surface area (Å²) in [6, 6.07) is 7.26. The molecule has 7 nitrogen and oxygen atoms in total. The predicted molar refractivity (Wildman–Crippen MR) is 119 cm³/mol. The first-order valence-electron chi connectivity index (χ1n) is 10.2. The van der Waals surface area contributed by atoms with Crippen molar-refractivity contribution < 1.29 is 37.4 Å². The number of likely N-dealkylation sites (tertiary alicyclic amines) is 1. The van der Waals surface area contributed by atoms with Crippen LogP contribution < -0.4 is 0 Å². The lowest BCUT2D eigenvalue weighted by Gasteiger charge is -2.26. The molecule has 0 radical (unpaired) electrons. The lowest BCUT2D eigenvalue weighted by atomic mass is 10.0. The van der Waals surface area contributed by atoms with Crippen molar-refractivity contribution in [1.82, 2.24) is 14.5 Å². The predicted octanol–water partition coefficient (Wildman–Crippen LogP) is 4.51. The van der Waals surface area contributed by atoms with Crippen molar-refractivity contribution in [3.05, 3.63) is 52.6 Å². The van der Waals surface area contributed by atoms with Crippen molar-refractivity contribution in [2.24, 2.45) is 0 Å². The number of β-amino-alcohol motifs (C(OH)–C–C–N with tert-alkyl or cyclic N) is 1. The van der Waals surface area contributed by atoms with Gasteiger partial charge in [0.25, 0.3) is 0 Å². The first-order valence-corrected chi connectivity index (χ1v) is 11.4. The summed E-state index contributed by atoms with van der Waals surface area (Å²) in [5.41, 5.74) is -2.79. The zero-order valence-corrected chi connectivity index (χ0v) is 19.6. The zero-order valence-electron chi connectivity index (χ0n) is 18.1. The number of alkyl halides is 3. The summed E-state index contributed by atoms with van der Waals surface area (Å²) in [4.78, 5) is 29.6. The first kappa shape index (κ1) is 25.3. The molecule has 2 aromatic heterocycles. The molecule has 1 saturated heterocycles. The zero-order chi connectivity index (χ0) is 25.7. The van der Waals surface area contributed by atoms with E-state index in [1.165, 1.54) is 28.8 Å². The lowest BCUT2D eigenvalue weighted by Crippen LogP contribution is -2.48. The number of rotatable bonds is 5. The maximum Gasteiger partial charge on any atom is 0.419 e. The van der Waals surface area contributed by atoms with Gasteiger partial charge in [-0.2, -0.15) is 13.2 Å². The molecule has 0 saturated carbocycles. The maximum absolute atomic E-state index is 15.1. The Morgan fingerprint density at radius 1 is 1.26 bits per heavy atom. The van der Waals surface area contributed by atoms with Gasteiger partial charge in [0.05, 0.1) is 17.1 Å². The van der Waals surface area contributed by atoms with E-state index < -0.39 is 49.0 Å². The molecule has 1 fully saturated rings. The maximum atomic E-state index is 15.1. The van der Waals surface area contributed by atoms with Gasteiger partial charge >= 0.3 is 12.1 Å². The molecule has 3 aromatic rings. The molecule has 0 spiro atoms. The fraction of sp³-hybridized carbons (Fsp3) is 0.318. The fourth-order valence-electron chi connectivity index (χ4n) is 3.97. The SMILES string of the molecule is Cc1c(Sc2cccc(C(=O)O)n2)c2ccc(Cl)c(F)c2n1CC(=O)N1CCC(O)(C(F)(F)F)C1. The minimum absolute atomic E-state index is 0.0227. The van der Waals surface area contributed by atoms with Crippen LogP contribution in [0.15, 0.2) is 40.3 Å². The normalized spacial score (nSPS) is 18.4. The van der Waals surface area contributed by atoms with Gasteiger partial charge < -0.3 is 19.7 Å². The summed E-state index contributed by atoms with van der Waals surface area (Å²) < 4.78 is 55.9. The second-order valence-corrected chi connectivity index (χ2v) is 9.56.